The van der Waals surface area contributed by atoms with E-state index >= 15 is 0 Å². The Hall–Kier alpha value is -2.61. The van der Waals surface area contributed by atoms with Gasteiger partial charge in [0, 0.05) is 30.1 Å². The number of hydrogen-bond acceptors (Lipinski definition) is 5. The second-order valence-corrected chi connectivity index (χ2v) is 8.80. The highest BCUT2D eigenvalue weighted by Gasteiger charge is 2.19. The highest BCUT2D eigenvalue weighted by molar-refractivity contribution is 7.93. The van der Waals surface area contributed by atoms with Crippen LogP contribution in [-0.2, 0) is 14.8 Å². The van der Waals surface area contributed by atoms with E-state index in [4.69, 9.17) is 4.74 Å². The van der Waals surface area contributed by atoms with Crippen LogP contribution in [0.4, 0.5) is 11.4 Å². The monoisotopic (exact) mass is 428 g/mol. The Morgan fingerprint density at radius 2 is 1.67 bits per heavy atom. The van der Waals surface area contributed by atoms with Gasteiger partial charge in [-0.25, -0.2) is 8.42 Å². The first-order valence-electron chi connectivity index (χ1n) is 10.1. The fourth-order valence-electron chi connectivity index (χ4n) is 3.47. The average molecular weight is 429 g/mol. The Labute approximate surface area is 178 Å². The van der Waals surface area contributed by atoms with Crippen LogP contribution in [0.3, 0.4) is 0 Å². The van der Waals surface area contributed by atoms with Crippen molar-refractivity contribution in [1.82, 2.24) is 0 Å². The molecule has 7 heteroatoms. The van der Waals surface area contributed by atoms with Gasteiger partial charge in [-0.3, -0.25) is 15.0 Å². The minimum absolute atomic E-state index is 0.00238. The van der Waals surface area contributed by atoms with Gasteiger partial charge in [0.15, 0.2) is 0 Å². The van der Waals surface area contributed by atoms with E-state index < -0.39 is 10.0 Å². The van der Waals surface area contributed by atoms with Gasteiger partial charge in [0.25, 0.3) is 10.0 Å². The third kappa shape index (κ3) is 4.75. The molecular formula is C23H28N2O4S. The lowest BCUT2D eigenvalue weighted by atomic mass is 10.1. The second kappa shape index (κ2) is 9.47. The maximum absolute atomic E-state index is 13.1. The van der Waals surface area contributed by atoms with Crippen LogP contribution in [0.25, 0.3) is 10.8 Å². The number of hydrogen-bond donors (Lipinski definition) is 2. The molecule has 160 valence electrons. The van der Waals surface area contributed by atoms with Gasteiger partial charge >= 0.3 is 0 Å². The summed E-state index contributed by atoms with van der Waals surface area (Å²) in [6.07, 6.45) is 1.80. The maximum atomic E-state index is 13.1. The van der Waals surface area contributed by atoms with Crippen LogP contribution >= 0.6 is 0 Å². The number of fused-ring (bicyclic) bond motifs is 1. The van der Waals surface area contributed by atoms with Gasteiger partial charge in [0.2, 0.25) is 0 Å². The predicted molar refractivity (Wildman–Crippen MR) is 121 cm³/mol. The number of ether oxygens (including phenoxy) is 1. The van der Waals surface area contributed by atoms with E-state index in [2.05, 4.69) is 18.6 Å². The first-order valence-corrected chi connectivity index (χ1v) is 11.5. The van der Waals surface area contributed by atoms with Crippen molar-refractivity contribution in [3.8, 4) is 0 Å². The molecule has 0 heterocycles. The zero-order valence-corrected chi connectivity index (χ0v) is 18.3. The number of rotatable bonds is 9. The number of nitrogens with one attached hydrogen (secondary N) is 1. The Morgan fingerprint density at radius 1 is 1.00 bits per heavy atom. The molecule has 3 aromatic rings. The van der Waals surface area contributed by atoms with Crippen molar-refractivity contribution in [2.24, 2.45) is 0 Å². The van der Waals surface area contributed by atoms with Crippen LogP contribution in [-0.4, -0.2) is 27.3 Å². The molecule has 30 heavy (non-hydrogen) atoms. The van der Waals surface area contributed by atoms with Crippen molar-refractivity contribution >= 4 is 32.2 Å². The number of benzene rings is 3. The zero-order valence-electron chi connectivity index (χ0n) is 17.5. The minimum atomic E-state index is -3.82. The van der Waals surface area contributed by atoms with Gasteiger partial charge in [-0.2, -0.15) is 0 Å². The molecule has 0 aliphatic carbocycles. The van der Waals surface area contributed by atoms with E-state index in [9.17, 15) is 13.6 Å². The van der Waals surface area contributed by atoms with Crippen LogP contribution in [0.15, 0.2) is 65.6 Å². The lowest BCUT2D eigenvalue weighted by molar-refractivity contribution is 0.0505. The van der Waals surface area contributed by atoms with Gasteiger partial charge in [-0.1, -0.05) is 50.2 Å². The highest BCUT2D eigenvalue weighted by Crippen LogP contribution is 2.31. The molecule has 0 bridgehead atoms. The first-order chi connectivity index (χ1) is 14.4. The third-order valence-electron chi connectivity index (χ3n) is 4.93. The van der Waals surface area contributed by atoms with Gasteiger partial charge < -0.3 is 4.74 Å². The number of sulfonamides is 1. The fraction of sp³-hybridized carbons (Fsp3) is 0.304. The largest absolute Gasteiger partial charge is 0.374 e. The molecule has 0 fully saturated rings. The molecule has 0 aromatic heterocycles. The van der Waals surface area contributed by atoms with Crippen molar-refractivity contribution in [3.05, 3.63) is 66.2 Å². The predicted octanol–water partition coefficient (Wildman–Crippen LogP) is 5.34. The van der Waals surface area contributed by atoms with Gasteiger partial charge in [-0.05, 0) is 42.7 Å². The summed E-state index contributed by atoms with van der Waals surface area (Å²) in [5.74, 6) is 0. The molecule has 6 nitrogen and oxygen atoms in total. The van der Waals surface area contributed by atoms with Crippen LogP contribution in [0.1, 0.15) is 38.4 Å². The van der Waals surface area contributed by atoms with Gasteiger partial charge in [-0.15, -0.1) is 0 Å². The summed E-state index contributed by atoms with van der Waals surface area (Å²) >= 11 is 0. The number of anilines is 2. The molecule has 2 N–H and O–H groups in total. The minimum Gasteiger partial charge on any atom is -0.374 e. The lowest BCUT2D eigenvalue weighted by Crippen LogP contribution is -2.14. The maximum Gasteiger partial charge on any atom is 0.262 e. The molecule has 3 rings (SSSR count). The molecule has 0 spiro atoms. The molecule has 0 radical (unpaired) electrons. The summed E-state index contributed by atoms with van der Waals surface area (Å²) in [5, 5.41) is 12.0. The van der Waals surface area contributed by atoms with Crippen LogP contribution in [0, 0.1) is 0 Å². The van der Waals surface area contributed by atoms with Crippen molar-refractivity contribution < 1.29 is 18.4 Å². The standard InChI is InChI=1S/C23H28N2O4S/c1-4-16-29-22(5-2)17-12-14-18(15-13-17)24-30(27,28)23-11-7-8-19-20(23)9-6-10-21(19)25(3)26/h6-15,22,24,26H,4-5,16H2,1-3H3. The van der Waals surface area contributed by atoms with Crippen LogP contribution in [0.5, 0.6) is 0 Å². The van der Waals surface area contributed by atoms with Gasteiger partial charge in [0.1, 0.15) is 0 Å². The van der Waals surface area contributed by atoms with Crippen molar-refractivity contribution in [2.75, 3.05) is 23.4 Å². The highest BCUT2D eigenvalue weighted by atomic mass is 32.2. The average Bonchev–Trinajstić information content (AvgIpc) is 2.74. The van der Waals surface area contributed by atoms with E-state index in [1.54, 1.807) is 48.5 Å². The zero-order chi connectivity index (χ0) is 21.7. The molecule has 0 saturated carbocycles. The van der Waals surface area contributed by atoms with E-state index in [1.165, 1.54) is 7.05 Å². The fourth-order valence-corrected chi connectivity index (χ4v) is 4.75. The normalized spacial score (nSPS) is 12.7. The third-order valence-corrected chi connectivity index (χ3v) is 6.37. The van der Waals surface area contributed by atoms with Gasteiger partial charge in [0.05, 0.1) is 16.7 Å². The molecule has 0 aliphatic rings. The van der Waals surface area contributed by atoms with Crippen molar-refractivity contribution in [1.29, 1.82) is 0 Å². The van der Waals surface area contributed by atoms with Crippen molar-refractivity contribution in [2.45, 2.75) is 37.7 Å². The smallest absolute Gasteiger partial charge is 0.262 e. The van der Waals surface area contributed by atoms with Crippen molar-refractivity contribution in [3.63, 3.8) is 0 Å². The SMILES string of the molecule is CCCOC(CC)c1ccc(NS(=O)(=O)c2cccc3c(N(C)O)cccc23)cc1. The van der Waals surface area contributed by atoms with Crippen LogP contribution in [0.2, 0.25) is 0 Å². The summed E-state index contributed by atoms with van der Waals surface area (Å²) in [7, 11) is -2.31. The summed E-state index contributed by atoms with van der Waals surface area (Å²) < 4.78 is 34.7. The summed E-state index contributed by atoms with van der Waals surface area (Å²) in [6.45, 7) is 4.83. The number of nitrogens with zero attached hydrogens (tertiary/aromatic N) is 1. The second-order valence-electron chi connectivity index (χ2n) is 7.15. The van der Waals surface area contributed by atoms with Crippen LogP contribution < -0.4 is 9.79 Å². The molecule has 1 unspecified atom stereocenters. The molecule has 1 atom stereocenters. The Bertz CT molecular complexity index is 1100. The first kappa shape index (κ1) is 22.1. The Balaban J connectivity index is 1.89. The molecular weight excluding hydrogens is 400 g/mol. The van der Waals surface area contributed by atoms with E-state index in [1.807, 2.05) is 12.1 Å². The summed E-state index contributed by atoms with van der Waals surface area (Å²) in [4.78, 5) is 0.158. The molecule has 0 aliphatic heterocycles. The van der Waals surface area contributed by atoms with E-state index in [0.29, 0.717) is 28.8 Å². The molecule has 0 saturated heterocycles. The lowest BCUT2D eigenvalue weighted by Gasteiger charge is -2.17. The molecule has 0 amide bonds. The van der Waals surface area contributed by atoms with E-state index in [-0.39, 0.29) is 11.0 Å². The Kier molecular flexibility index (Phi) is 6.97. The summed E-state index contributed by atoms with van der Waals surface area (Å²) in [5.41, 5.74) is 2.04. The van der Waals surface area contributed by atoms with E-state index in [0.717, 1.165) is 23.5 Å². The molecule has 3 aromatic carbocycles. The quantitative estimate of drug-likeness (QED) is 0.450. The topological polar surface area (TPSA) is 78.9 Å². The summed E-state index contributed by atoms with van der Waals surface area (Å²) in [6, 6.07) is 17.5. The number of hydroxylamine groups is 1. The Morgan fingerprint density at radius 3 is 2.30 bits per heavy atom.